The maximum Gasteiger partial charge on any atom is 0.319 e. The molecule has 2 rings (SSSR count). The highest BCUT2D eigenvalue weighted by molar-refractivity contribution is 5.95. The summed E-state index contributed by atoms with van der Waals surface area (Å²) in [6, 6.07) is 13.3. The van der Waals surface area contributed by atoms with Gasteiger partial charge in [-0.1, -0.05) is 18.2 Å². The van der Waals surface area contributed by atoms with Crippen molar-refractivity contribution in [1.82, 2.24) is 10.6 Å². The third-order valence-electron chi connectivity index (χ3n) is 3.78. The number of amides is 3. The van der Waals surface area contributed by atoms with Crippen LogP contribution in [0.2, 0.25) is 0 Å². The maximum absolute atomic E-state index is 12.3. The van der Waals surface area contributed by atoms with Gasteiger partial charge in [0, 0.05) is 29.4 Å². The van der Waals surface area contributed by atoms with E-state index in [1.807, 2.05) is 19.9 Å². The minimum Gasteiger partial charge on any atom is -0.496 e. The van der Waals surface area contributed by atoms with Crippen LogP contribution in [0.15, 0.2) is 48.5 Å². The zero-order valence-electron chi connectivity index (χ0n) is 15.7. The summed E-state index contributed by atoms with van der Waals surface area (Å²) in [6.07, 6.45) is -0.884. The number of hydrogen-bond acceptors (Lipinski definition) is 4. The van der Waals surface area contributed by atoms with Crippen molar-refractivity contribution in [2.45, 2.75) is 26.0 Å². The fourth-order valence-electron chi connectivity index (χ4n) is 2.48. The lowest BCUT2D eigenvalue weighted by atomic mass is 10.1. The van der Waals surface area contributed by atoms with Gasteiger partial charge in [-0.15, -0.1) is 0 Å². The number of nitrogens with one attached hydrogen (secondary N) is 3. The molecule has 0 heterocycles. The Bertz CT molecular complexity index is 775. The number of anilines is 1. The third kappa shape index (κ3) is 6.00. The first kappa shape index (κ1) is 20.3. The standard InChI is InChI=1S/C20H25N3O4/c1-13(2)22-20(26)23-15-10-8-14(9-11-15)19(25)21-12-17(24)16-6-4-5-7-18(16)27-3/h4-11,13,17,24H,12H2,1-3H3,(H,21,25)(H2,22,23,26)/t17-/m1/s1. The normalized spacial score (nSPS) is 11.6. The Labute approximate surface area is 158 Å². The van der Waals surface area contributed by atoms with E-state index in [4.69, 9.17) is 4.74 Å². The molecule has 0 bridgehead atoms. The first-order valence-corrected chi connectivity index (χ1v) is 8.67. The summed E-state index contributed by atoms with van der Waals surface area (Å²) in [5.41, 5.74) is 1.62. The van der Waals surface area contributed by atoms with Gasteiger partial charge in [-0.25, -0.2) is 4.79 Å². The number of carbonyl (C=O) groups excluding carboxylic acids is 2. The van der Waals surface area contributed by atoms with E-state index in [-0.39, 0.29) is 24.5 Å². The van der Waals surface area contributed by atoms with E-state index in [0.29, 0.717) is 22.6 Å². The van der Waals surface area contributed by atoms with Crippen LogP contribution in [-0.4, -0.2) is 36.7 Å². The van der Waals surface area contributed by atoms with Gasteiger partial charge in [-0.2, -0.15) is 0 Å². The fourth-order valence-corrected chi connectivity index (χ4v) is 2.48. The van der Waals surface area contributed by atoms with Crippen LogP contribution in [0.25, 0.3) is 0 Å². The van der Waals surface area contributed by atoms with Gasteiger partial charge < -0.3 is 25.8 Å². The van der Waals surface area contributed by atoms with E-state index in [1.54, 1.807) is 42.5 Å². The minimum absolute atomic E-state index is 0.0321. The number of aliphatic hydroxyl groups excluding tert-OH is 1. The molecule has 0 saturated carbocycles. The average molecular weight is 371 g/mol. The molecule has 1 atom stereocenters. The second-order valence-electron chi connectivity index (χ2n) is 6.30. The fraction of sp³-hybridized carbons (Fsp3) is 0.300. The van der Waals surface area contributed by atoms with Crippen LogP contribution in [-0.2, 0) is 0 Å². The first-order valence-electron chi connectivity index (χ1n) is 8.67. The molecule has 0 radical (unpaired) electrons. The number of ether oxygens (including phenoxy) is 1. The molecule has 0 aliphatic carbocycles. The lowest BCUT2D eigenvalue weighted by Gasteiger charge is -2.15. The first-order chi connectivity index (χ1) is 12.9. The summed E-state index contributed by atoms with van der Waals surface area (Å²) >= 11 is 0. The highest BCUT2D eigenvalue weighted by Gasteiger charge is 2.14. The molecule has 7 nitrogen and oxygen atoms in total. The van der Waals surface area contributed by atoms with Gasteiger partial charge in [0.05, 0.1) is 13.2 Å². The van der Waals surface area contributed by atoms with Crippen molar-refractivity contribution in [3.8, 4) is 5.75 Å². The molecule has 0 fully saturated rings. The summed E-state index contributed by atoms with van der Waals surface area (Å²) in [7, 11) is 1.53. The van der Waals surface area contributed by atoms with Gasteiger partial charge in [0.1, 0.15) is 5.75 Å². The summed E-state index contributed by atoms with van der Waals surface area (Å²) in [5.74, 6) is 0.247. The molecule has 0 aliphatic heterocycles. The van der Waals surface area contributed by atoms with Crippen LogP contribution in [0.4, 0.5) is 10.5 Å². The lowest BCUT2D eigenvalue weighted by molar-refractivity contribution is 0.0914. The molecule has 0 aromatic heterocycles. The number of carbonyl (C=O) groups is 2. The predicted octanol–water partition coefficient (Wildman–Crippen LogP) is 2.69. The summed E-state index contributed by atoms with van der Waals surface area (Å²) in [5, 5.41) is 18.4. The molecule has 4 N–H and O–H groups in total. The van der Waals surface area contributed by atoms with Crippen LogP contribution in [0.3, 0.4) is 0 Å². The van der Waals surface area contributed by atoms with Crippen LogP contribution >= 0.6 is 0 Å². The van der Waals surface area contributed by atoms with Gasteiger partial charge >= 0.3 is 6.03 Å². The molecule has 2 aromatic rings. The van der Waals surface area contributed by atoms with E-state index < -0.39 is 6.10 Å². The topological polar surface area (TPSA) is 99.7 Å². The van der Waals surface area contributed by atoms with Gasteiger partial charge in [0.25, 0.3) is 5.91 Å². The molecule has 0 aliphatic rings. The smallest absolute Gasteiger partial charge is 0.319 e. The van der Waals surface area contributed by atoms with Crippen molar-refractivity contribution in [2.24, 2.45) is 0 Å². The monoisotopic (exact) mass is 371 g/mol. The van der Waals surface area contributed by atoms with E-state index >= 15 is 0 Å². The summed E-state index contributed by atoms with van der Waals surface area (Å²) < 4.78 is 5.21. The molecule has 0 unspecified atom stereocenters. The Morgan fingerprint density at radius 3 is 2.37 bits per heavy atom. The second kappa shape index (κ2) is 9.59. The van der Waals surface area contributed by atoms with E-state index in [9.17, 15) is 14.7 Å². The van der Waals surface area contributed by atoms with Crippen molar-refractivity contribution in [3.63, 3.8) is 0 Å². The highest BCUT2D eigenvalue weighted by atomic mass is 16.5. The van der Waals surface area contributed by atoms with Crippen molar-refractivity contribution >= 4 is 17.6 Å². The van der Waals surface area contributed by atoms with Gasteiger partial charge in [0.15, 0.2) is 0 Å². The Balaban J connectivity index is 1.91. The Morgan fingerprint density at radius 1 is 1.07 bits per heavy atom. The quantitative estimate of drug-likeness (QED) is 0.601. The number of rotatable bonds is 7. The molecular formula is C20H25N3O4. The van der Waals surface area contributed by atoms with Crippen LogP contribution < -0.4 is 20.7 Å². The van der Waals surface area contributed by atoms with Crippen molar-refractivity contribution in [1.29, 1.82) is 0 Å². The van der Waals surface area contributed by atoms with Gasteiger partial charge in [0.2, 0.25) is 0 Å². The van der Waals surface area contributed by atoms with Crippen LogP contribution in [0.1, 0.15) is 35.9 Å². The largest absolute Gasteiger partial charge is 0.496 e. The highest BCUT2D eigenvalue weighted by Crippen LogP contribution is 2.24. The zero-order chi connectivity index (χ0) is 19.8. The summed E-state index contributed by atoms with van der Waals surface area (Å²) in [6.45, 7) is 3.79. The predicted molar refractivity (Wildman–Crippen MR) is 104 cm³/mol. The van der Waals surface area contributed by atoms with Crippen molar-refractivity contribution in [2.75, 3.05) is 19.0 Å². The SMILES string of the molecule is COc1ccccc1[C@H](O)CNC(=O)c1ccc(NC(=O)NC(C)C)cc1. The number of hydrogen-bond donors (Lipinski definition) is 4. The van der Waals surface area contributed by atoms with E-state index in [0.717, 1.165) is 0 Å². The molecular weight excluding hydrogens is 346 g/mol. The van der Waals surface area contributed by atoms with Gasteiger partial charge in [-0.3, -0.25) is 4.79 Å². The summed E-state index contributed by atoms with van der Waals surface area (Å²) in [4.78, 5) is 23.9. The average Bonchev–Trinajstić information content (AvgIpc) is 2.65. The molecule has 3 amide bonds. The minimum atomic E-state index is -0.884. The van der Waals surface area contributed by atoms with Crippen LogP contribution in [0.5, 0.6) is 5.75 Å². The number of para-hydroxylation sites is 1. The molecule has 2 aromatic carbocycles. The van der Waals surface area contributed by atoms with Crippen LogP contribution in [0, 0.1) is 0 Å². The van der Waals surface area contributed by atoms with Crippen molar-refractivity contribution in [3.05, 3.63) is 59.7 Å². The third-order valence-corrected chi connectivity index (χ3v) is 3.78. The molecule has 7 heteroatoms. The Hall–Kier alpha value is -3.06. The van der Waals surface area contributed by atoms with E-state index in [2.05, 4.69) is 16.0 Å². The second-order valence-corrected chi connectivity index (χ2v) is 6.30. The molecule has 144 valence electrons. The number of aliphatic hydroxyl groups is 1. The maximum atomic E-state index is 12.3. The molecule has 0 spiro atoms. The zero-order valence-corrected chi connectivity index (χ0v) is 15.7. The number of methoxy groups -OCH3 is 1. The lowest BCUT2D eigenvalue weighted by Crippen LogP contribution is -2.34. The Morgan fingerprint density at radius 2 is 1.74 bits per heavy atom. The molecule has 27 heavy (non-hydrogen) atoms. The molecule has 0 saturated heterocycles. The van der Waals surface area contributed by atoms with E-state index in [1.165, 1.54) is 7.11 Å². The number of urea groups is 1. The van der Waals surface area contributed by atoms with Gasteiger partial charge in [-0.05, 0) is 44.2 Å². The number of benzene rings is 2. The Kier molecular flexibility index (Phi) is 7.19. The van der Waals surface area contributed by atoms with Crippen molar-refractivity contribution < 1.29 is 19.4 Å².